The van der Waals surface area contributed by atoms with Crippen LogP contribution >= 0.6 is 11.3 Å². The van der Waals surface area contributed by atoms with Gasteiger partial charge in [0, 0.05) is 31.7 Å². The molecule has 224 valence electrons. The van der Waals surface area contributed by atoms with Crippen molar-refractivity contribution in [2.45, 2.75) is 56.9 Å². The van der Waals surface area contributed by atoms with Gasteiger partial charge in [-0.05, 0) is 37.8 Å². The first-order valence-electron chi connectivity index (χ1n) is 14.9. The number of hydrogen-bond donors (Lipinski definition) is 4. The monoisotopic (exact) mass is 601 g/mol. The van der Waals surface area contributed by atoms with Crippen LogP contribution in [0.2, 0.25) is 0 Å². The van der Waals surface area contributed by atoms with Crippen LogP contribution in [0.4, 0.5) is 11.8 Å². The van der Waals surface area contributed by atoms with Gasteiger partial charge in [-0.15, -0.1) is 11.3 Å². The van der Waals surface area contributed by atoms with Gasteiger partial charge < -0.3 is 30.5 Å². The molecule has 0 spiro atoms. The summed E-state index contributed by atoms with van der Waals surface area (Å²) in [5.74, 6) is 0.582. The van der Waals surface area contributed by atoms with Gasteiger partial charge in [-0.3, -0.25) is 9.78 Å². The average Bonchev–Trinajstić information content (AvgIpc) is 3.73. The third-order valence-corrected chi connectivity index (χ3v) is 9.57. The summed E-state index contributed by atoms with van der Waals surface area (Å²) in [6.07, 6.45) is 2.05. The van der Waals surface area contributed by atoms with Crippen molar-refractivity contribution in [2.75, 3.05) is 36.9 Å². The van der Waals surface area contributed by atoms with Gasteiger partial charge in [-0.25, -0.2) is 9.97 Å². The Morgan fingerprint density at radius 2 is 1.88 bits per heavy atom. The van der Waals surface area contributed by atoms with Crippen molar-refractivity contribution in [3.63, 3.8) is 0 Å². The van der Waals surface area contributed by atoms with E-state index < -0.39 is 24.2 Å². The number of pyridine rings is 1. The largest absolute Gasteiger partial charge is 0.390 e. The number of hydrogen-bond acceptors (Lipinski definition) is 11. The number of aromatic nitrogens is 4. The van der Waals surface area contributed by atoms with Gasteiger partial charge >= 0.3 is 0 Å². The van der Waals surface area contributed by atoms with Crippen molar-refractivity contribution >= 4 is 39.2 Å². The van der Waals surface area contributed by atoms with Crippen LogP contribution in [0.25, 0.3) is 20.8 Å². The molecule has 0 bridgehead atoms. The molecule has 4 N–H and O–H groups in total. The van der Waals surface area contributed by atoms with Crippen LogP contribution in [0.3, 0.4) is 0 Å². The molecule has 0 unspecified atom stereocenters. The number of nitrogens with zero attached hydrogens (tertiary/aromatic N) is 5. The Morgan fingerprint density at radius 1 is 1.09 bits per heavy atom. The number of rotatable bonds is 8. The molecule has 0 radical (unpaired) electrons. The maximum Gasteiger partial charge on any atom is 0.228 e. The Hall–Kier alpha value is -3.71. The zero-order chi connectivity index (χ0) is 29.5. The van der Waals surface area contributed by atoms with Crippen LogP contribution in [0.15, 0.2) is 42.6 Å². The molecule has 3 aromatic heterocycles. The number of morpholine rings is 1. The maximum absolute atomic E-state index is 13.6. The van der Waals surface area contributed by atoms with Crippen LogP contribution in [-0.4, -0.2) is 85.5 Å². The summed E-state index contributed by atoms with van der Waals surface area (Å²) in [6, 6.07) is 11.2. The minimum absolute atomic E-state index is 0.105. The lowest BCUT2D eigenvalue weighted by molar-refractivity contribution is -0.140. The highest BCUT2D eigenvalue weighted by Crippen LogP contribution is 2.44. The summed E-state index contributed by atoms with van der Waals surface area (Å²) < 4.78 is 6.47. The third-order valence-electron chi connectivity index (χ3n) is 8.53. The molecule has 4 aromatic rings. The molecule has 4 heterocycles. The summed E-state index contributed by atoms with van der Waals surface area (Å²) >= 11 is 1.55. The van der Waals surface area contributed by atoms with Crippen LogP contribution in [0.5, 0.6) is 0 Å². The Morgan fingerprint density at radius 3 is 2.65 bits per heavy atom. The van der Waals surface area contributed by atoms with Crippen LogP contribution in [0.1, 0.15) is 42.1 Å². The number of amides is 1. The van der Waals surface area contributed by atoms with E-state index in [4.69, 9.17) is 19.7 Å². The molecule has 1 saturated heterocycles. The number of carbonyl (C=O) groups is 1. The molecule has 1 amide bonds. The lowest BCUT2D eigenvalue weighted by Crippen LogP contribution is -2.48. The molecule has 1 aromatic carbocycles. The first-order valence-corrected chi connectivity index (χ1v) is 15.7. The van der Waals surface area contributed by atoms with Crippen molar-refractivity contribution in [2.24, 2.45) is 5.92 Å². The number of aliphatic hydroxyl groups is 2. The Labute approximate surface area is 253 Å². The number of nitrogens with one attached hydrogen (secondary N) is 2. The number of benzene rings is 1. The Kier molecular flexibility index (Phi) is 7.68. The SMILES string of the molecule is Cc1nc(NCc2ccccc2)nc(N[C@H]2[C@H](O)[C@H](O)C[C@H]2C(=O)N2CCOCC2)c1-c1nc2c(C3CC3)nccc2s1. The minimum Gasteiger partial charge on any atom is -0.390 e. The molecular formula is C31H35N7O4S. The lowest BCUT2D eigenvalue weighted by atomic mass is 10.00. The maximum atomic E-state index is 13.6. The second kappa shape index (κ2) is 11.8. The summed E-state index contributed by atoms with van der Waals surface area (Å²) in [5.41, 5.74) is 4.42. The fraction of sp³-hybridized carbons (Fsp3) is 0.452. The molecule has 3 aliphatic rings. The van der Waals surface area contributed by atoms with Gasteiger partial charge in [0.2, 0.25) is 11.9 Å². The molecule has 3 fully saturated rings. The number of thiazole rings is 1. The predicted molar refractivity (Wildman–Crippen MR) is 164 cm³/mol. The van der Waals surface area contributed by atoms with E-state index in [1.165, 1.54) is 0 Å². The fourth-order valence-electron chi connectivity index (χ4n) is 6.07. The first kappa shape index (κ1) is 28.1. The highest BCUT2D eigenvalue weighted by Gasteiger charge is 2.47. The fourth-order valence-corrected chi connectivity index (χ4v) is 7.13. The van der Waals surface area contributed by atoms with Gasteiger partial charge in [0.15, 0.2) is 0 Å². The molecule has 43 heavy (non-hydrogen) atoms. The van der Waals surface area contributed by atoms with Gasteiger partial charge in [-0.2, -0.15) is 4.98 Å². The second-order valence-electron chi connectivity index (χ2n) is 11.5. The molecule has 2 aliphatic carbocycles. The van der Waals surface area contributed by atoms with E-state index in [-0.39, 0.29) is 12.3 Å². The Bertz CT molecular complexity index is 1620. The number of aryl methyl sites for hydroxylation is 1. The molecular weight excluding hydrogens is 566 g/mol. The molecule has 11 nitrogen and oxygen atoms in total. The standard InChI is InChI=1S/C31H35N7O4S/c1-17-23(29-36-26-22(43-29)9-10-32-24(26)19-7-8-19)28(37-31(34-17)33-16-18-5-3-2-4-6-18)35-25-20(15-21(39)27(25)40)30(41)38-11-13-42-14-12-38/h2-6,9-10,19-21,25,27,39-40H,7-8,11-16H2,1H3,(H2,33,34,35,37)/t20-,21-,25-,27-/m1/s1. The van der Waals surface area contributed by atoms with E-state index in [1.54, 1.807) is 16.2 Å². The van der Waals surface area contributed by atoms with Crippen molar-refractivity contribution in [1.82, 2.24) is 24.8 Å². The molecule has 7 rings (SSSR count). The van der Waals surface area contributed by atoms with Crippen molar-refractivity contribution in [3.8, 4) is 10.6 Å². The van der Waals surface area contributed by atoms with E-state index in [2.05, 4.69) is 15.6 Å². The summed E-state index contributed by atoms with van der Waals surface area (Å²) in [6.45, 7) is 4.37. The number of aliphatic hydroxyl groups excluding tert-OH is 2. The first-order chi connectivity index (χ1) is 21.0. The predicted octanol–water partition coefficient (Wildman–Crippen LogP) is 3.33. The van der Waals surface area contributed by atoms with E-state index in [0.717, 1.165) is 39.3 Å². The summed E-state index contributed by atoms with van der Waals surface area (Å²) in [5, 5.41) is 29.3. The average molecular weight is 602 g/mol. The van der Waals surface area contributed by atoms with Crippen molar-refractivity contribution in [3.05, 3.63) is 59.5 Å². The number of fused-ring (bicyclic) bond motifs is 1. The number of anilines is 2. The van der Waals surface area contributed by atoms with E-state index >= 15 is 0 Å². The van der Waals surface area contributed by atoms with Gasteiger partial charge in [0.1, 0.15) is 22.4 Å². The quantitative estimate of drug-likeness (QED) is 0.237. The molecule has 4 atom stereocenters. The van der Waals surface area contributed by atoms with Gasteiger partial charge in [0.25, 0.3) is 0 Å². The summed E-state index contributed by atoms with van der Waals surface area (Å²) in [4.78, 5) is 34.7. The van der Waals surface area contributed by atoms with E-state index in [1.807, 2.05) is 49.5 Å². The zero-order valence-corrected chi connectivity index (χ0v) is 24.8. The normalized spacial score (nSPS) is 23.9. The topological polar surface area (TPSA) is 146 Å². The molecule has 2 saturated carbocycles. The highest BCUT2D eigenvalue weighted by molar-refractivity contribution is 7.21. The van der Waals surface area contributed by atoms with Crippen molar-refractivity contribution < 1.29 is 19.7 Å². The zero-order valence-electron chi connectivity index (χ0n) is 23.9. The lowest BCUT2D eigenvalue weighted by Gasteiger charge is -2.32. The highest BCUT2D eigenvalue weighted by atomic mass is 32.1. The second-order valence-corrected chi connectivity index (χ2v) is 12.6. The molecule has 1 aliphatic heterocycles. The van der Waals surface area contributed by atoms with Crippen LogP contribution in [-0.2, 0) is 16.1 Å². The molecule has 12 heteroatoms. The minimum atomic E-state index is -1.15. The smallest absolute Gasteiger partial charge is 0.228 e. The van der Waals surface area contributed by atoms with Crippen LogP contribution < -0.4 is 10.6 Å². The number of ether oxygens (including phenoxy) is 1. The third kappa shape index (κ3) is 5.67. The van der Waals surface area contributed by atoms with E-state index in [9.17, 15) is 15.0 Å². The van der Waals surface area contributed by atoms with Gasteiger partial charge in [0.05, 0.1) is 52.9 Å². The van der Waals surface area contributed by atoms with Crippen LogP contribution in [0, 0.1) is 12.8 Å². The van der Waals surface area contributed by atoms with E-state index in [0.29, 0.717) is 61.8 Å². The number of carbonyl (C=O) groups excluding carboxylic acids is 1. The van der Waals surface area contributed by atoms with Crippen molar-refractivity contribution in [1.29, 1.82) is 0 Å². The van der Waals surface area contributed by atoms with Gasteiger partial charge in [-0.1, -0.05) is 30.3 Å². The summed E-state index contributed by atoms with van der Waals surface area (Å²) in [7, 11) is 0. The Balaban J connectivity index is 1.27.